The molecular weight excluding hydrogens is 396 g/mol. The first kappa shape index (κ1) is 21.9. The van der Waals surface area contributed by atoms with Gasteiger partial charge in [-0.3, -0.25) is 4.98 Å². The minimum Gasteiger partial charge on any atom is -0.479 e. The lowest BCUT2D eigenvalue weighted by molar-refractivity contribution is -0.159. The Kier molecular flexibility index (Phi) is 7.49. The number of aliphatic hydroxyl groups is 1. The van der Waals surface area contributed by atoms with Crippen molar-refractivity contribution in [3.05, 3.63) is 95.8 Å². The maximum Gasteiger partial charge on any atom is 0.340 e. The van der Waals surface area contributed by atoms with E-state index in [-0.39, 0.29) is 6.42 Å². The highest BCUT2D eigenvalue weighted by molar-refractivity contribution is 7.80. The molecule has 156 valence electrons. The monoisotopic (exact) mass is 422 g/mol. The van der Waals surface area contributed by atoms with Crippen LogP contribution in [0.1, 0.15) is 23.4 Å². The smallest absolute Gasteiger partial charge is 0.340 e. The zero-order valence-electron chi connectivity index (χ0n) is 16.7. The first-order valence-electron chi connectivity index (χ1n) is 9.90. The Hall–Kier alpha value is -2.83. The molecule has 0 spiro atoms. The predicted molar refractivity (Wildman–Crippen MR) is 122 cm³/mol. The fourth-order valence-electron chi connectivity index (χ4n) is 3.39. The molecular formula is C24H26N2O3S. The van der Waals surface area contributed by atoms with E-state index in [0.717, 1.165) is 30.1 Å². The normalized spacial score (nSPS) is 12.9. The number of carbonyl (C=O) groups is 1. The van der Waals surface area contributed by atoms with Gasteiger partial charge in [0.05, 0.1) is 12.2 Å². The van der Waals surface area contributed by atoms with Crippen molar-refractivity contribution in [3.63, 3.8) is 0 Å². The van der Waals surface area contributed by atoms with Gasteiger partial charge in [0.2, 0.25) is 0 Å². The van der Waals surface area contributed by atoms with Gasteiger partial charge in [-0.15, -0.1) is 0 Å². The van der Waals surface area contributed by atoms with Crippen LogP contribution in [-0.2, 0) is 23.4 Å². The van der Waals surface area contributed by atoms with Gasteiger partial charge < -0.3 is 15.1 Å². The van der Waals surface area contributed by atoms with Crippen molar-refractivity contribution in [2.24, 2.45) is 0 Å². The van der Waals surface area contributed by atoms with Crippen molar-refractivity contribution in [2.75, 3.05) is 17.2 Å². The molecule has 5 nitrogen and oxygen atoms in total. The van der Waals surface area contributed by atoms with E-state index in [1.165, 1.54) is 0 Å². The second-order valence-corrected chi connectivity index (χ2v) is 7.61. The Balaban J connectivity index is 1.83. The third-order valence-electron chi connectivity index (χ3n) is 4.97. The molecule has 1 heterocycles. The number of aromatic nitrogens is 1. The lowest BCUT2D eigenvalue weighted by Gasteiger charge is -2.26. The molecule has 0 amide bonds. The number of benzene rings is 2. The lowest BCUT2D eigenvalue weighted by atomic mass is 9.89. The average molecular weight is 423 g/mol. The Bertz CT molecular complexity index is 953. The number of rotatable bonds is 10. The highest BCUT2D eigenvalue weighted by atomic mass is 32.1. The van der Waals surface area contributed by atoms with Crippen LogP contribution in [-0.4, -0.2) is 33.5 Å². The van der Waals surface area contributed by atoms with Crippen LogP contribution < -0.4 is 4.90 Å². The molecule has 0 saturated heterocycles. The van der Waals surface area contributed by atoms with E-state index < -0.39 is 11.6 Å². The molecule has 6 heteroatoms. The number of carboxylic acids is 1. The van der Waals surface area contributed by atoms with Crippen LogP contribution in [0.15, 0.2) is 78.9 Å². The highest BCUT2D eigenvalue weighted by Crippen LogP contribution is 2.26. The summed E-state index contributed by atoms with van der Waals surface area (Å²) in [6.07, 6.45) is 0.826. The SMILES string of the molecule is O=C(O)[C@](O)(Cc1cccc(CN(CCCS)c2ccccc2)n1)c1ccccc1. The van der Waals surface area contributed by atoms with E-state index in [1.54, 1.807) is 36.4 Å². The van der Waals surface area contributed by atoms with Gasteiger partial charge in [-0.25, -0.2) is 4.79 Å². The quantitative estimate of drug-likeness (QED) is 0.432. The number of anilines is 1. The summed E-state index contributed by atoms with van der Waals surface area (Å²) in [6.45, 7) is 1.42. The molecule has 2 aromatic carbocycles. The summed E-state index contributed by atoms with van der Waals surface area (Å²) in [7, 11) is 0. The van der Waals surface area contributed by atoms with Gasteiger partial charge in [0.25, 0.3) is 0 Å². The number of aliphatic carboxylic acids is 1. The summed E-state index contributed by atoms with van der Waals surface area (Å²) in [5.74, 6) is -0.500. The van der Waals surface area contributed by atoms with E-state index in [9.17, 15) is 15.0 Å². The molecule has 0 aliphatic heterocycles. The third-order valence-corrected chi connectivity index (χ3v) is 5.28. The summed E-state index contributed by atoms with van der Waals surface area (Å²) in [5.41, 5.74) is 0.750. The van der Waals surface area contributed by atoms with E-state index in [1.807, 2.05) is 30.3 Å². The van der Waals surface area contributed by atoms with Gasteiger partial charge in [-0.05, 0) is 42.0 Å². The van der Waals surface area contributed by atoms with E-state index in [0.29, 0.717) is 17.8 Å². The van der Waals surface area contributed by atoms with Crippen molar-refractivity contribution < 1.29 is 15.0 Å². The van der Waals surface area contributed by atoms with Crippen LogP contribution in [0.4, 0.5) is 5.69 Å². The largest absolute Gasteiger partial charge is 0.479 e. The first-order chi connectivity index (χ1) is 14.5. The number of pyridine rings is 1. The number of nitrogens with zero attached hydrogens (tertiary/aromatic N) is 2. The molecule has 1 aromatic heterocycles. The van der Waals surface area contributed by atoms with Gasteiger partial charge >= 0.3 is 5.97 Å². The fraction of sp³-hybridized carbons (Fsp3) is 0.250. The first-order valence-corrected chi connectivity index (χ1v) is 10.5. The van der Waals surface area contributed by atoms with Gasteiger partial charge in [0.1, 0.15) is 0 Å². The van der Waals surface area contributed by atoms with E-state index in [2.05, 4.69) is 34.6 Å². The maximum atomic E-state index is 11.9. The molecule has 0 unspecified atom stereocenters. The molecule has 30 heavy (non-hydrogen) atoms. The molecule has 0 aliphatic carbocycles. The number of hydrogen-bond acceptors (Lipinski definition) is 5. The number of hydrogen-bond donors (Lipinski definition) is 3. The molecule has 0 aliphatic rings. The van der Waals surface area contributed by atoms with E-state index in [4.69, 9.17) is 0 Å². The molecule has 3 aromatic rings. The summed E-state index contributed by atoms with van der Waals surface area (Å²) in [5, 5.41) is 20.6. The van der Waals surface area contributed by atoms with Gasteiger partial charge in [0.15, 0.2) is 5.60 Å². The minimum atomic E-state index is -2.03. The average Bonchev–Trinajstić information content (AvgIpc) is 2.78. The summed E-state index contributed by atoms with van der Waals surface area (Å²) in [6, 6.07) is 24.1. The van der Waals surface area contributed by atoms with Gasteiger partial charge in [-0.1, -0.05) is 54.6 Å². The standard InChI is InChI=1S/C24H26N2O3S/c27-23(28)24(29,19-9-3-1-4-10-19)17-20-11-7-12-21(25-20)18-26(15-8-16-30)22-13-5-2-6-14-22/h1-7,9-14,29-30H,8,15-18H2,(H,27,28)/t24-/m0/s1. The Morgan fingerprint density at radius 1 is 0.933 bits per heavy atom. The second kappa shape index (κ2) is 10.3. The maximum absolute atomic E-state index is 11.9. The molecule has 0 radical (unpaired) electrons. The number of thiol groups is 1. The number of carboxylic acid groups (broad SMARTS) is 1. The van der Waals surface area contributed by atoms with Crippen LogP contribution in [0.5, 0.6) is 0 Å². The van der Waals surface area contributed by atoms with E-state index >= 15 is 0 Å². The van der Waals surface area contributed by atoms with Crippen LogP contribution >= 0.6 is 12.6 Å². The van der Waals surface area contributed by atoms with Crippen LogP contribution in [0, 0.1) is 0 Å². The number of para-hydroxylation sites is 1. The van der Waals surface area contributed by atoms with Crippen LogP contribution in [0.2, 0.25) is 0 Å². The molecule has 0 saturated carbocycles. The van der Waals surface area contributed by atoms with Crippen molar-refractivity contribution in [1.82, 2.24) is 4.98 Å². The summed E-state index contributed by atoms with van der Waals surface area (Å²) in [4.78, 5) is 18.8. The van der Waals surface area contributed by atoms with Gasteiger partial charge in [-0.2, -0.15) is 12.6 Å². The Morgan fingerprint density at radius 2 is 1.57 bits per heavy atom. The van der Waals surface area contributed by atoms with Crippen molar-refractivity contribution in [2.45, 2.75) is 25.0 Å². The zero-order chi connectivity index (χ0) is 21.4. The molecule has 2 N–H and O–H groups in total. The summed E-state index contributed by atoms with van der Waals surface area (Å²) < 4.78 is 0. The van der Waals surface area contributed by atoms with Crippen LogP contribution in [0.3, 0.4) is 0 Å². The van der Waals surface area contributed by atoms with Crippen molar-refractivity contribution in [1.29, 1.82) is 0 Å². The minimum absolute atomic E-state index is 0.109. The predicted octanol–water partition coefficient (Wildman–Crippen LogP) is 3.92. The molecule has 0 bridgehead atoms. The Morgan fingerprint density at radius 3 is 2.20 bits per heavy atom. The molecule has 0 fully saturated rings. The molecule has 1 atom stereocenters. The van der Waals surface area contributed by atoms with Crippen molar-refractivity contribution >= 4 is 24.3 Å². The van der Waals surface area contributed by atoms with Crippen molar-refractivity contribution in [3.8, 4) is 0 Å². The molecule has 3 rings (SSSR count). The topological polar surface area (TPSA) is 73.7 Å². The fourth-order valence-corrected chi connectivity index (χ4v) is 3.53. The Labute approximate surface area is 182 Å². The summed E-state index contributed by atoms with van der Waals surface area (Å²) >= 11 is 4.33. The second-order valence-electron chi connectivity index (χ2n) is 7.16. The lowest BCUT2D eigenvalue weighted by Crippen LogP contribution is -2.38. The van der Waals surface area contributed by atoms with Crippen LogP contribution in [0.25, 0.3) is 0 Å². The van der Waals surface area contributed by atoms with Gasteiger partial charge in [0, 0.05) is 24.3 Å². The zero-order valence-corrected chi connectivity index (χ0v) is 17.6. The highest BCUT2D eigenvalue weighted by Gasteiger charge is 2.38. The third kappa shape index (κ3) is 5.40.